The summed E-state index contributed by atoms with van der Waals surface area (Å²) < 4.78 is 39.9. The fourth-order valence-corrected chi connectivity index (χ4v) is 6.66. The van der Waals surface area contributed by atoms with Gasteiger partial charge < -0.3 is 20.1 Å². The molecular formula is C34H42N6O5S. The van der Waals surface area contributed by atoms with Crippen LogP contribution >= 0.6 is 0 Å². The second-order valence-electron chi connectivity index (χ2n) is 12.6. The third kappa shape index (κ3) is 7.85. The van der Waals surface area contributed by atoms with Crippen molar-refractivity contribution < 1.29 is 22.7 Å². The number of amides is 1. The predicted molar refractivity (Wildman–Crippen MR) is 180 cm³/mol. The maximum atomic E-state index is 13.2. The Balaban J connectivity index is 1.32. The number of benzene rings is 2. The molecule has 0 atom stereocenters. The number of para-hydroxylation sites is 1. The topological polar surface area (TPSA) is 144 Å². The van der Waals surface area contributed by atoms with Gasteiger partial charge in [0.25, 0.3) is 10.0 Å². The summed E-state index contributed by atoms with van der Waals surface area (Å²) in [6, 6.07) is 14.6. The normalized spacial score (nSPS) is 16.9. The van der Waals surface area contributed by atoms with E-state index in [9.17, 15) is 13.2 Å². The molecule has 1 aliphatic rings. The van der Waals surface area contributed by atoms with Crippen molar-refractivity contribution in [2.45, 2.75) is 89.4 Å². The van der Waals surface area contributed by atoms with Crippen LogP contribution < -0.4 is 20.1 Å². The lowest BCUT2D eigenvalue weighted by molar-refractivity contribution is 0.0492. The van der Waals surface area contributed by atoms with Gasteiger partial charge in [0, 0.05) is 29.2 Å². The summed E-state index contributed by atoms with van der Waals surface area (Å²) in [7, 11) is -2.47. The predicted octanol–water partition coefficient (Wildman–Crippen LogP) is 6.62. The van der Waals surface area contributed by atoms with E-state index in [0.717, 1.165) is 59.7 Å². The van der Waals surface area contributed by atoms with Gasteiger partial charge in [-0.05, 0) is 107 Å². The van der Waals surface area contributed by atoms with Crippen molar-refractivity contribution in [2.24, 2.45) is 0 Å². The van der Waals surface area contributed by atoms with Crippen LogP contribution in [0.15, 0.2) is 59.8 Å². The molecule has 5 rings (SSSR count). The van der Waals surface area contributed by atoms with Crippen LogP contribution in [0.4, 0.5) is 16.4 Å². The van der Waals surface area contributed by atoms with E-state index in [0.29, 0.717) is 17.2 Å². The SMILES string of the molecule is CCc1cc(-c2ccc(S(=O)(=O)Nc3ccccc3C)nc2OC)cc2cnc(NC3CCC(NC(=O)OC(C)(C)C)CC3)nc12. The molecule has 244 valence electrons. The lowest BCUT2D eigenvalue weighted by Gasteiger charge is -2.30. The van der Waals surface area contributed by atoms with Gasteiger partial charge in [0.2, 0.25) is 11.8 Å². The fraction of sp³-hybridized carbons (Fsp3) is 0.412. The fourth-order valence-electron chi connectivity index (χ4n) is 5.59. The Hall–Kier alpha value is -4.45. The molecule has 1 fully saturated rings. The number of hydrogen-bond donors (Lipinski definition) is 3. The van der Waals surface area contributed by atoms with Gasteiger partial charge in [0.15, 0.2) is 5.03 Å². The molecule has 12 heteroatoms. The third-order valence-electron chi connectivity index (χ3n) is 7.93. The van der Waals surface area contributed by atoms with Crippen LogP contribution in [0, 0.1) is 6.92 Å². The zero-order valence-corrected chi connectivity index (χ0v) is 28.0. The van der Waals surface area contributed by atoms with Gasteiger partial charge >= 0.3 is 6.09 Å². The van der Waals surface area contributed by atoms with Crippen LogP contribution in [0.5, 0.6) is 5.88 Å². The van der Waals surface area contributed by atoms with E-state index in [1.807, 2.05) is 52.0 Å². The number of aromatic nitrogens is 3. The minimum Gasteiger partial charge on any atom is -0.481 e. The average Bonchev–Trinajstić information content (AvgIpc) is 3.01. The van der Waals surface area contributed by atoms with E-state index in [2.05, 4.69) is 32.2 Å². The average molecular weight is 647 g/mol. The lowest BCUT2D eigenvalue weighted by atomic mass is 9.91. The summed E-state index contributed by atoms with van der Waals surface area (Å²) in [6.07, 6.45) is 5.58. The Labute approximate surface area is 270 Å². The number of pyridine rings is 1. The van der Waals surface area contributed by atoms with Crippen LogP contribution in [-0.2, 0) is 21.2 Å². The Kier molecular flexibility index (Phi) is 9.66. The number of nitrogens with one attached hydrogen (secondary N) is 3. The number of rotatable bonds is 9. The van der Waals surface area contributed by atoms with Crippen molar-refractivity contribution in [1.82, 2.24) is 20.3 Å². The first kappa shape index (κ1) is 32.9. The van der Waals surface area contributed by atoms with E-state index in [1.165, 1.54) is 13.2 Å². The standard InChI is InChI=1S/C34H42N6O5S/c1-7-22-18-23(27-16-17-29(38-31(27)44-6)46(42,43)40-28-11-9-8-10-21(28)2)19-24-20-35-32(39-30(22)24)36-25-12-14-26(15-13-25)37-33(41)45-34(3,4)5/h8-11,16-20,25-26,40H,7,12-15H2,1-6H3,(H,37,41)(H,35,36,39). The molecule has 1 aliphatic carbocycles. The van der Waals surface area contributed by atoms with Gasteiger partial charge in [-0.1, -0.05) is 25.1 Å². The van der Waals surface area contributed by atoms with Crippen LogP contribution in [0.1, 0.15) is 64.5 Å². The van der Waals surface area contributed by atoms with Crippen LogP contribution in [0.3, 0.4) is 0 Å². The highest BCUT2D eigenvalue weighted by molar-refractivity contribution is 7.92. The van der Waals surface area contributed by atoms with Crippen molar-refractivity contribution in [3.63, 3.8) is 0 Å². The number of ether oxygens (including phenoxy) is 2. The molecule has 0 aliphatic heterocycles. The van der Waals surface area contributed by atoms with Gasteiger partial charge in [-0.25, -0.2) is 14.8 Å². The zero-order valence-electron chi connectivity index (χ0n) is 27.2. The number of aryl methyl sites for hydroxylation is 2. The van der Waals surface area contributed by atoms with Gasteiger partial charge in [0.05, 0.1) is 18.3 Å². The molecule has 1 saturated carbocycles. The summed E-state index contributed by atoms with van der Waals surface area (Å²) in [6.45, 7) is 9.47. The second-order valence-corrected chi connectivity index (χ2v) is 14.2. The largest absolute Gasteiger partial charge is 0.481 e. The zero-order chi connectivity index (χ0) is 33.1. The number of fused-ring (bicyclic) bond motifs is 1. The van der Waals surface area contributed by atoms with E-state index in [1.54, 1.807) is 24.4 Å². The number of hydrogen-bond acceptors (Lipinski definition) is 9. The minimum absolute atomic E-state index is 0.0838. The summed E-state index contributed by atoms with van der Waals surface area (Å²) in [5.41, 5.74) is 4.12. The molecule has 46 heavy (non-hydrogen) atoms. The molecule has 0 radical (unpaired) electrons. The number of sulfonamides is 1. The van der Waals surface area contributed by atoms with E-state index < -0.39 is 15.6 Å². The quantitative estimate of drug-likeness (QED) is 0.183. The number of carbonyl (C=O) groups is 1. The molecule has 11 nitrogen and oxygen atoms in total. The molecule has 0 bridgehead atoms. The Morgan fingerprint density at radius 1 is 1.00 bits per heavy atom. The molecule has 2 heterocycles. The van der Waals surface area contributed by atoms with Gasteiger partial charge in [-0.2, -0.15) is 13.4 Å². The van der Waals surface area contributed by atoms with Crippen molar-refractivity contribution in [3.05, 3.63) is 65.9 Å². The second kappa shape index (κ2) is 13.5. The van der Waals surface area contributed by atoms with Crippen molar-refractivity contribution in [2.75, 3.05) is 17.1 Å². The molecule has 0 unspecified atom stereocenters. The first-order chi connectivity index (χ1) is 21.8. The minimum atomic E-state index is -3.94. The van der Waals surface area contributed by atoms with Crippen molar-refractivity contribution >= 4 is 38.7 Å². The Morgan fingerprint density at radius 3 is 2.39 bits per heavy atom. The van der Waals surface area contributed by atoms with Crippen LogP contribution in [-0.4, -0.2) is 54.3 Å². The molecule has 0 spiro atoms. The highest BCUT2D eigenvalue weighted by Gasteiger charge is 2.26. The summed E-state index contributed by atoms with van der Waals surface area (Å²) in [4.78, 5) is 26.0. The van der Waals surface area contributed by atoms with E-state index in [-0.39, 0.29) is 29.1 Å². The van der Waals surface area contributed by atoms with Crippen molar-refractivity contribution in [1.29, 1.82) is 0 Å². The highest BCUT2D eigenvalue weighted by Crippen LogP contribution is 2.34. The smallest absolute Gasteiger partial charge is 0.407 e. The lowest BCUT2D eigenvalue weighted by Crippen LogP contribution is -2.42. The number of methoxy groups -OCH3 is 1. The first-order valence-corrected chi connectivity index (χ1v) is 17.0. The summed E-state index contributed by atoms with van der Waals surface area (Å²) >= 11 is 0. The Bertz CT molecular complexity index is 1830. The van der Waals surface area contributed by atoms with Gasteiger partial charge in [-0.3, -0.25) is 4.72 Å². The first-order valence-electron chi connectivity index (χ1n) is 15.5. The van der Waals surface area contributed by atoms with Crippen LogP contribution in [0.2, 0.25) is 0 Å². The van der Waals surface area contributed by atoms with E-state index in [4.69, 9.17) is 14.5 Å². The van der Waals surface area contributed by atoms with Gasteiger partial charge in [0.1, 0.15) is 5.60 Å². The summed E-state index contributed by atoms with van der Waals surface area (Å²) in [5.74, 6) is 0.762. The summed E-state index contributed by atoms with van der Waals surface area (Å²) in [5, 5.41) is 7.18. The molecule has 2 aromatic heterocycles. The number of anilines is 2. The molecular weight excluding hydrogens is 604 g/mol. The van der Waals surface area contributed by atoms with Gasteiger partial charge in [-0.15, -0.1) is 0 Å². The number of carbonyl (C=O) groups excluding carboxylic acids is 1. The molecule has 4 aromatic rings. The third-order valence-corrected chi connectivity index (χ3v) is 9.19. The van der Waals surface area contributed by atoms with E-state index >= 15 is 0 Å². The number of nitrogens with zero attached hydrogens (tertiary/aromatic N) is 3. The molecule has 0 saturated heterocycles. The maximum Gasteiger partial charge on any atom is 0.407 e. The Morgan fingerprint density at radius 2 is 1.72 bits per heavy atom. The maximum absolute atomic E-state index is 13.2. The molecule has 1 amide bonds. The van der Waals surface area contributed by atoms with Crippen LogP contribution in [0.25, 0.3) is 22.0 Å². The molecule has 2 aromatic carbocycles. The van der Waals surface area contributed by atoms with Crippen molar-refractivity contribution in [3.8, 4) is 17.0 Å². The molecule has 3 N–H and O–H groups in total. The monoisotopic (exact) mass is 646 g/mol. The number of alkyl carbamates (subject to hydrolysis) is 1. The highest BCUT2D eigenvalue weighted by atomic mass is 32.2.